The average Bonchev–Trinajstić information content (AvgIpc) is 2.67. The summed E-state index contributed by atoms with van der Waals surface area (Å²) in [6.45, 7) is 11.1. The van der Waals surface area contributed by atoms with Gasteiger partial charge in [-0.1, -0.05) is 71.6 Å². The standard InChI is InChI=1S/C25H49NO4/c1-6-8-10-14-18-22(19-15-11-9-7-2)23(27)29-21-17-13-12-16-20-26-24(28)30-25(3,4)5/h22H,6-21H2,1-5H3,(H,26,28). The minimum atomic E-state index is -0.460. The lowest BCUT2D eigenvalue weighted by molar-refractivity contribution is -0.149. The number of ether oxygens (including phenoxy) is 2. The Morgan fingerprint density at radius 1 is 0.767 bits per heavy atom. The Labute approximate surface area is 186 Å². The summed E-state index contributed by atoms with van der Waals surface area (Å²) < 4.78 is 10.8. The molecule has 0 radical (unpaired) electrons. The van der Waals surface area contributed by atoms with Crippen LogP contribution in [0.5, 0.6) is 0 Å². The molecule has 1 N–H and O–H groups in total. The normalized spacial score (nSPS) is 11.5. The third kappa shape index (κ3) is 18.7. The summed E-state index contributed by atoms with van der Waals surface area (Å²) in [5, 5.41) is 2.77. The van der Waals surface area contributed by atoms with Crippen molar-refractivity contribution in [1.82, 2.24) is 5.32 Å². The van der Waals surface area contributed by atoms with E-state index in [1.54, 1.807) is 0 Å². The van der Waals surface area contributed by atoms with Crippen LogP contribution in [0.2, 0.25) is 0 Å². The molecule has 30 heavy (non-hydrogen) atoms. The fourth-order valence-corrected chi connectivity index (χ4v) is 3.39. The molecule has 0 unspecified atom stereocenters. The smallest absolute Gasteiger partial charge is 0.407 e. The van der Waals surface area contributed by atoms with E-state index in [-0.39, 0.29) is 18.0 Å². The molecule has 0 fully saturated rings. The zero-order valence-electron chi connectivity index (χ0n) is 20.5. The van der Waals surface area contributed by atoms with Crippen LogP contribution in [-0.4, -0.2) is 30.8 Å². The Morgan fingerprint density at radius 2 is 1.30 bits per heavy atom. The SMILES string of the molecule is CCCCCCC(CCCCCC)C(=O)OCCCCCCNC(=O)OC(C)(C)C. The first kappa shape index (κ1) is 28.7. The molecule has 0 rings (SSSR count). The van der Waals surface area contributed by atoms with Gasteiger partial charge in [0, 0.05) is 6.54 Å². The fraction of sp³-hybridized carbons (Fsp3) is 0.920. The van der Waals surface area contributed by atoms with Crippen LogP contribution in [0.15, 0.2) is 0 Å². The molecule has 0 saturated heterocycles. The maximum absolute atomic E-state index is 12.5. The molecule has 0 aromatic carbocycles. The van der Waals surface area contributed by atoms with E-state index in [0.29, 0.717) is 13.2 Å². The first-order valence-corrected chi connectivity index (χ1v) is 12.4. The molecule has 0 aliphatic heterocycles. The van der Waals surface area contributed by atoms with Crippen LogP contribution in [-0.2, 0) is 14.3 Å². The number of hydrogen-bond acceptors (Lipinski definition) is 4. The minimum absolute atomic E-state index is 0.00888. The van der Waals surface area contributed by atoms with Crippen molar-refractivity contribution in [2.75, 3.05) is 13.2 Å². The molecular formula is C25H49NO4. The second kappa shape index (κ2) is 18.5. The van der Waals surface area contributed by atoms with Crippen LogP contribution in [0.3, 0.4) is 0 Å². The summed E-state index contributed by atoms with van der Waals surface area (Å²) in [5.74, 6) is 0.0892. The molecule has 0 aliphatic carbocycles. The second-order valence-corrected chi connectivity index (χ2v) is 9.41. The number of esters is 1. The maximum atomic E-state index is 12.5. The van der Waals surface area contributed by atoms with Crippen LogP contribution in [0.4, 0.5) is 4.79 Å². The molecule has 0 aromatic rings. The van der Waals surface area contributed by atoms with Gasteiger partial charge >= 0.3 is 12.1 Å². The number of carbonyl (C=O) groups is 2. The Morgan fingerprint density at radius 3 is 1.83 bits per heavy atom. The van der Waals surface area contributed by atoms with Crippen LogP contribution in [0.1, 0.15) is 125 Å². The van der Waals surface area contributed by atoms with Crippen molar-refractivity contribution in [2.24, 2.45) is 5.92 Å². The summed E-state index contributed by atoms with van der Waals surface area (Å²) in [6, 6.07) is 0. The maximum Gasteiger partial charge on any atom is 0.407 e. The lowest BCUT2D eigenvalue weighted by Gasteiger charge is -2.19. The molecule has 0 heterocycles. The molecule has 1 amide bonds. The summed E-state index contributed by atoms with van der Waals surface area (Å²) in [4.78, 5) is 24.1. The predicted molar refractivity (Wildman–Crippen MR) is 125 cm³/mol. The molecule has 0 aromatic heterocycles. The van der Waals surface area contributed by atoms with Crippen molar-refractivity contribution >= 4 is 12.1 Å². The number of nitrogens with one attached hydrogen (secondary N) is 1. The van der Waals surface area contributed by atoms with Gasteiger partial charge in [-0.2, -0.15) is 0 Å². The van der Waals surface area contributed by atoms with E-state index in [4.69, 9.17) is 9.47 Å². The van der Waals surface area contributed by atoms with Crippen molar-refractivity contribution < 1.29 is 19.1 Å². The number of hydrogen-bond donors (Lipinski definition) is 1. The van der Waals surface area contributed by atoms with E-state index in [9.17, 15) is 9.59 Å². The lowest BCUT2D eigenvalue weighted by atomic mass is 9.94. The van der Waals surface area contributed by atoms with E-state index in [1.807, 2.05) is 20.8 Å². The highest BCUT2D eigenvalue weighted by molar-refractivity contribution is 5.72. The van der Waals surface area contributed by atoms with Crippen molar-refractivity contribution in [3.05, 3.63) is 0 Å². The van der Waals surface area contributed by atoms with Gasteiger partial charge in [-0.15, -0.1) is 0 Å². The molecule has 5 nitrogen and oxygen atoms in total. The van der Waals surface area contributed by atoms with Gasteiger partial charge in [0.05, 0.1) is 12.5 Å². The monoisotopic (exact) mass is 427 g/mol. The largest absolute Gasteiger partial charge is 0.465 e. The summed E-state index contributed by atoms with van der Waals surface area (Å²) in [7, 11) is 0. The zero-order chi connectivity index (χ0) is 22.7. The van der Waals surface area contributed by atoms with E-state index >= 15 is 0 Å². The highest BCUT2D eigenvalue weighted by Gasteiger charge is 2.19. The van der Waals surface area contributed by atoms with E-state index < -0.39 is 5.60 Å². The molecule has 0 bridgehead atoms. The average molecular weight is 428 g/mol. The summed E-state index contributed by atoms with van der Waals surface area (Å²) >= 11 is 0. The van der Waals surface area contributed by atoms with Crippen LogP contribution in [0, 0.1) is 5.92 Å². The van der Waals surface area contributed by atoms with E-state index in [1.165, 1.54) is 38.5 Å². The van der Waals surface area contributed by atoms with Gasteiger partial charge in [0.15, 0.2) is 0 Å². The van der Waals surface area contributed by atoms with Crippen molar-refractivity contribution in [3.63, 3.8) is 0 Å². The third-order valence-corrected chi connectivity index (χ3v) is 5.13. The number of carbonyl (C=O) groups excluding carboxylic acids is 2. The summed E-state index contributed by atoms with van der Waals surface area (Å²) in [5.41, 5.74) is -0.460. The van der Waals surface area contributed by atoms with Gasteiger partial charge in [-0.05, 0) is 52.9 Å². The Bertz CT molecular complexity index is 419. The van der Waals surface area contributed by atoms with Crippen molar-refractivity contribution in [3.8, 4) is 0 Å². The van der Waals surface area contributed by atoms with Gasteiger partial charge in [-0.25, -0.2) is 4.79 Å². The molecule has 0 saturated carbocycles. The molecule has 178 valence electrons. The second-order valence-electron chi connectivity index (χ2n) is 9.41. The van der Waals surface area contributed by atoms with Gasteiger partial charge in [0.2, 0.25) is 0 Å². The van der Waals surface area contributed by atoms with Crippen LogP contribution < -0.4 is 5.32 Å². The van der Waals surface area contributed by atoms with E-state index in [2.05, 4.69) is 19.2 Å². The van der Waals surface area contributed by atoms with Crippen LogP contribution >= 0.6 is 0 Å². The van der Waals surface area contributed by atoms with Crippen LogP contribution in [0.25, 0.3) is 0 Å². The zero-order valence-corrected chi connectivity index (χ0v) is 20.5. The molecule has 0 spiro atoms. The first-order chi connectivity index (χ1) is 14.3. The van der Waals surface area contributed by atoms with Crippen molar-refractivity contribution in [1.29, 1.82) is 0 Å². The molecule has 0 aliphatic rings. The highest BCUT2D eigenvalue weighted by atomic mass is 16.6. The van der Waals surface area contributed by atoms with Gasteiger partial charge < -0.3 is 14.8 Å². The number of alkyl carbamates (subject to hydrolysis) is 1. The quantitative estimate of drug-likeness (QED) is 0.186. The molecule has 5 heteroatoms. The lowest BCUT2D eigenvalue weighted by Crippen LogP contribution is -2.32. The van der Waals surface area contributed by atoms with E-state index in [0.717, 1.165) is 51.4 Å². The highest BCUT2D eigenvalue weighted by Crippen LogP contribution is 2.20. The minimum Gasteiger partial charge on any atom is -0.465 e. The van der Waals surface area contributed by atoms with Crippen molar-refractivity contribution in [2.45, 2.75) is 130 Å². The Hall–Kier alpha value is -1.26. The summed E-state index contributed by atoms with van der Waals surface area (Å²) in [6.07, 6.45) is 15.0. The van der Waals surface area contributed by atoms with Gasteiger partial charge in [0.1, 0.15) is 5.60 Å². The number of rotatable bonds is 18. The first-order valence-electron chi connectivity index (χ1n) is 12.4. The Kier molecular flexibility index (Phi) is 17.7. The van der Waals surface area contributed by atoms with Gasteiger partial charge in [0.25, 0.3) is 0 Å². The molecule has 0 atom stereocenters. The molecular weight excluding hydrogens is 378 g/mol. The number of amides is 1. The topological polar surface area (TPSA) is 64.6 Å². The number of unbranched alkanes of at least 4 members (excludes halogenated alkanes) is 9. The Balaban J connectivity index is 3.90. The third-order valence-electron chi connectivity index (χ3n) is 5.13. The fourth-order valence-electron chi connectivity index (χ4n) is 3.39. The predicted octanol–water partition coefficient (Wildman–Crippen LogP) is 7.17. The van der Waals surface area contributed by atoms with Gasteiger partial charge in [-0.3, -0.25) is 4.79 Å².